The van der Waals surface area contributed by atoms with Gasteiger partial charge in [0, 0.05) is 29.6 Å². The number of furan rings is 1. The first-order valence-corrected chi connectivity index (χ1v) is 7.18. The number of carbonyl (C=O) groups is 1. The molecule has 0 aliphatic heterocycles. The van der Waals surface area contributed by atoms with Gasteiger partial charge in [-0.05, 0) is 37.3 Å². The van der Waals surface area contributed by atoms with E-state index in [0.717, 1.165) is 22.2 Å². The largest absolute Gasteiger partial charge is 0.497 e. The van der Waals surface area contributed by atoms with Crippen LogP contribution in [0.2, 0.25) is 0 Å². The number of H-pyrrole nitrogens is 1. The van der Waals surface area contributed by atoms with Crippen molar-refractivity contribution in [3.8, 4) is 5.75 Å². The van der Waals surface area contributed by atoms with Gasteiger partial charge in [-0.25, -0.2) is 0 Å². The van der Waals surface area contributed by atoms with Crippen LogP contribution in [0.4, 0.5) is 0 Å². The molecule has 1 N–H and O–H groups in total. The number of methoxy groups -OCH3 is 1. The van der Waals surface area contributed by atoms with Crippen LogP contribution in [0.25, 0.3) is 10.9 Å². The minimum absolute atomic E-state index is 0.0288. The van der Waals surface area contributed by atoms with Crippen molar-refractivity contribution in [1.82, 2.24) is 9.88 Å². The molecule has 0 fully saturated rings. The minimum Gasteiger partial charge on any atom is -0.497 e. The van der Waals surface area contributed by atoms with Gasteiger partial charge in [0.15, 0.2) is 0 Å². The number of carbonyl (C=O) groups excluding carboxylic acids is 1. The Morgan fingerprint density at radius 3 is 2.86 bits per heavy atom. The average molecular weight is 298 g/mol. The van der Waals surface area contributed by atoms with Crippen LogP contribution >= 0.6 is 0 Å². The third kappa shape index (κ3) is 2.70. The van der Waals surface area contributed by atoms with E-state index in [1.807, 2.05) is 37.3 Å². The van der Waals surface area contributed by atoms with Gasteiger partial charge in [-0.3, -0.25) is 4.79 Å². The lowest BCUT2D eigenvalue weighted by Gasteiger charge is -2.19. The summed E-state index contributed by atoms with van der Waals surface area (Å²) >= 11 is 0. The summed E-state index contributed by atoms with van der Waals surface area (Å²) in [4.78, 5) is 17.6. The van der Waals surface area contributed by atoms with E-state index in [-0.39, 0.29) is 5.91 Å². The van der Waals surface area contributed by atoms with Gasteiger partial charge in [-0.1, -0.05) is 0 Å². The van der Waals surface area contributed by atoms with Crippen molar-refractivity contribution >= 4 is 16.8 Å². The average Bonchev–Trinajstić information content (AvgIpc) is 3.20. The van der Waals surface area contributed by atoms with E-state index in [4.69, 9.17) is 9.15 Å². The maximum absolute atomic E-state index is 12.7. The van der Waals surface area contributed by atoms with Crippen LogP contribution in [-0.2, 0) is 6.54 Å². The van der Waals surface area contributed by atoms with E-state index in [0.29, 0.717) is 18.8 Å². The van der Waals surface area contributed by atoms with E-state index in [9.17, 15) is 4.79 Å². The molecule has 114 valence electrons. The number of hydrogen-bond acceptors (Lipinski definition) is 3. The molecule has 0 saturated heterocycles. The zero-order valence-corrected chi connectivity index (χ0v) is 12.6. The Morgan fingerprint density at radius 1 is 1.32 bits per heavy atom. The van der Waals surface area contributed by atoms with E-state index < -0.39 is 0 Å². The van der Waals surface area contributed by atoms with Crippen LogP contribution in [-0.4, -0.2) is 29.4 Å². The number of nitrogens with zero attached hydrogens (tertiary/aromatic N) is 1. The first-order valence-electron chi connectivity index (χ1n) is 7.18. The number of rotatable bonds is 5. The summed E-state index contributed by atoms with van der Waals surface area (Å²) in [6, 6.07) is 9.42. The zero-order valence-electron chi connectivity index (χ0n) is 12.6. The fourth-order valence-electron chi connectivity index (χ4n) is 2.45. The molecule has 5 nitrogen and oxygen atoms in total. The summed E-state index contributed by atoms with van der Waals surface area (Å²) in [6.45, 7) is 3.12. The Balaban J connectivity index is 1.86. The summed E-state index contributed by atoms with van der Waals surface area (Å²) in [7, 11) is 1.63. The molecule has 1 amide bonds. The molecular formula is C17H18N2O3. The summed E-state index contributed by atoms with van der Waals surface area (Å²) < 4.78 is 10.3. The summed E-state index contributed by atoms with van der Waals surface area (Å²) in [5.41, 5.74) is 2.48. The van der Waals surface area contributed by atoms with E-state index in [1.54, 1.807) is 24.5 Å². The fourth-order valence-corrected chi connectivity index (χ4v) is 2.45. The second-order valence-electron chi connectivity index (χ2n) is 5.09. The molecule has 0 aliphatic rings. The smallest absolute Gasteiger partial charge is 0.270 e. The van der Waals surface area contributed by atoms with Gasteiger partial charge in [0.2, 0.25) is 0 Å². The Morgan fingerprint density at radius 2 is 2.18 bits per heavy atom. The zero-order chi connectivity index (χ0) is 15.5. The molecule has 0 bridgehead atoms. The van der Waals surface area contributed by atoms with Crippen LogP contribution in [0, 0.1) is 0 Å². The van der Waals surface area contributed by atoms with Crippen molar-refractivity contribution in [1.29, 1.82) is 0 Å². The maximum atomic E-state index is 12.7. The standard InChI is InChI=1S/C17H18N2O3/c1-3-19(10-12-6-7-22-11-12)17(20)16-9-13-8-14(21-2)4-5-15(13)18-16/h4-9,11,18H,3,10H2,1-2H3. The molecule has 0 unspecified atom stereocenters. The monoisotopic (exact) mass is 298 g/mol. The second kappa shape index (κ2) is 5.97. The van der Waals surface area contributed by atoms with E-state index >= 15 is 0 Å². The lowest BCUT2D eigenvalue weighted by atomic mass is 10.2. The number of benzene rings is 1. The number of nitrogens with one attached hydrogen (secondary N) is 1. The second-order valence-corrected chi connectivity index (χ2v) is 5.09. The molecule has 0 atom stereocenters. The third-order valence-electron chi connectivity index (χ3n) is 3.68. The third-order valence-corrected chi connectivity index (χ3v) is 3.68. The number of fused-ring (bicyclic) bond motifs is 1. The van der Waals surface area contributed by atoms with Crippen LogP contribution in [0.5, 0.6) is 5.75 Å². The van der Waals surface area contributed by atoms with Crippen molar-refractivity contribution in [3.05, 3.63) is 54.1 Å². The van der Waals surface area contributed by atoms with Crippen molar-refractivity contribution in [2.75, 3.05) is 13.7 Å². The van der Waals surface area contributed by atoms with Crippen molar-refractivity contribution in [3.63, 3.8) is 0 Å². The van der Waals surface area contributed by atoms with Gasteiger partial charge in [0.1, 0.15) is 11.4 Å². The van der Waals surface area contributed by atoms with Gasteiger partial charge < -0.3 is 19.0 Å². The SMILES string of the molecule is CCN(Cc1ccoc1)C(=O)c1cc2cc(OC)ccc2[nH]1. The first-order chi connectivity index (χ1) is 10.7. The number of ether oxygens (including phenoxy) is 1. The van der Waals surface area contributed by atoms with Gasteiger partial charge in [0.05, 0.1) is 19.6 Å². The quantitative estimate of drug-likeness (QED) is 0.785. The summed E-state index contributed by atoms with van der Waals surface area (Å²) in [5, 5.41) is 0.960. The first kappa shape index (κ1) is 14.3. The van der Waals surface area contributed by atoms with Gasteiger partial charge in [-0.2, -0.15) is 0 Å². The Labute approximate surface area is 128 Å². The van der Waals surface area contributed by atoms with Gasteiger partial charge in [0.25, 0.3) is 5.91 Å². The number of amides is 1. The highest BCUT2D eigenvalue weighted by molar-refractivity contribution is 5.98. The predicted molar refractivity (Wildman–Crippen MR) is 84.0 cm³/mol. The molecule has 0 saturated carbocycles. The predicted octanol–water partition coefficient (Wildman–Crippen LogP) is 3.43. The highest BCUT2D eigenvalue weighted by atomic mass is 16.5. The number of hydrogen-bond donors (Lipinski definition) is 1. The molecule has 2 aromatic heterocycles. The molecule has 0 aliphatic carbocycles. The molecule has 1 aromatic carbocycles. The highest BCUT2D eigenvalue weighted by Gasteiger charge is 2.17. The van der Waals surface area contributed by atoms with Crippen molar-refractivity contribution in [2.24, 2.45) is 0 Å². The lowest BCUT2D eigenvalue weighted by Crippen LogP contribution is -2.30. The highest BCUT2D eigenvalue weighted by Crippen LogP contribution is 2.22. The van der Waals surface area contributed by atoms with Crippen molar-refractivity contribution in [2.45, 2.75) is 13.5 Å². The topological polar surface area (TPSA) is 58.5 Å². The number of aromatic amines is 1. The van der Waals surface area contributed by atoms with Gasteiger partial charge in [-0.15, -0.1) is 0 Å². The maximum Gasteiger partial charge on any atom is 0.270 e. The van der Waals surface area contributed by atoms with Crippen LogP contribution in [0.1, 0.15) is 23.0 Å². The van der Waals surface area contributed by atoms with E-state index in [1.165, 1.54) is 0 Å². The molecule has 0 spiro atoms. The van der Waals surface area contributed by atoms with Crippen LogP contribution in [0.3, 0.4) is 0 Å². The Hall–Kier alpha value is -2.69. The van der Waals surface area contributed by atoms with Crippen LogP contribution in [0.15, 0.2) is 47.3 Å². The Kier molecular flexibility index (Phi) is 3.87. The summed E-state index contributed by atoms with van der Waals surface area (Å²) in [6.07, 6.45) is 3.27. The molecule has 3 rings (SSSR count). The van der Waals surface area contributed by atoms with E-state index in [2.05, 4.69) is 4.98 Å². The van der Waals surface area contributed by atoms with Crippen LogP contribution < -0.4 is 4.74 Å². The fraction of sp³-hybridized carbons (Fsp3) is 0.235. The molecule has 0 radical (unpaired) electrons. The Bertz CT molecular complexity index is 774. The lowest BCUT2D eigenvalue weighted by molar-refractivity contribution is 0.0747. The molecule has 3 aromatic rings. The van der Waals surface area contributed by atoms with Gasteiger partial charge >= 0.3 is 0 Å². The normalized spacial score (nSPS) is 10.8. The minimum atomic E-state index is -0.0288. The van der Waals surface area contributed by atoms with Crippen molar-refractivity contribution < 1.29 is 13.9 Å². The number of aromatic nitrogens is 1. The molecular weight excluding hydrogens is 280 g/mol. The molecule has 2 heterocycles. The summed E-state index contributed by atoms with van der Waals surface area (Å²) in [5.74, 6) is 0.745. The molecule has 5 heteroatoms. The molecule has 22 heavy (non-hydrogen) atoms.